The van der Waals surface area contributed by atoms with Gasteiger partial charge in [0.25, 0.3) is 5.56 Å². The molecule has 1 aliphatic rings. The highest BCUT2D eigenvalue weighted by atomic mass is 16.2. The van der Waals surface area contributed by atoms with Crippen molar-refractivity contribution in [2.24, 2.45) is 14.1 Å². The Morgan fingerprint density at radius 2 is 1.74 bits per heavy atom. The fourth-order valence-electron chi connectivity index (χ4n) is 3.04. The standard InChI is InChI=1S/C17H22N4O2/c1-18-8-9-21(11-13-6-4-5-7-15(13)18)12-14-10-16(22)20(3)17(23)19(14)2/h4-7,10H,8-9,11-12H2,1-3H3. The highest BCUT2D eigenvalue weighted by molar-refractivity contribution is 5.53. The van der Waals surface area contributed by atoms with Crippen LogP contribution in [0.1, 0.15) is 11.3 Å². The molecule has 23 heavy (non-hydrogen) atoms. The lowest BCUT2D eigenvalue weighted by molar-refractivity contribution is 0.261. The molecule has 0 atom stereocenters. The van der Waals surface area contributed by atoms with E-state index in [9.17, 15) is 9.59 Å². The smallest absolute Gasteiger partial charge is 0.330 e. The van der Waals surface area contributed by atoms with Gasteiger partial charge in [-0.3, -0.25) is 18.8 Å². The van der Waals surface area contributed by atoms with Crippen LogP contribution in [0.25, 0.3) is 0 Å². The minimum absolute atomic E-state index is 0.254. The Morgan fingerprint density at radius 1 is 1.00 bits per heavy atom. The number of benzene rings is 1. The molecule has 0 unspecified atom stereocenters. The zero-order chi connectivity index (χ0) is 16.6. The topological polar surface area (TPSA) is 50.5 Å². The number of para-hydroxylation sites is 1. The van der Waals surface area contributed by atoms with Crippen molar-refractivity contribution in [1.29, 1.82) is 0 Å². The minimum Gasteiger partial charge on any atom is -0.373 e. The number of anilines is 1. The zero-order valence-corrected chi connectivity index (χ0v) is 13.8. The molecule has 0 spiro atoms. The van der Waals surface area contributed by atoms with Crippen molar-refractivity contribution < 1.29 is 0 Å². The highest BCUT2D eigenvalue weighted by Gasteiger charge is 2.18. The number of fused-ring (bicyclic) bond motifs is 1. The van der Waals surface area contributed by atoms with Crippen molar-refractivity contribution >= 4 is 5.69 Å². The third kappa shape index (κ3) is 2.94. The maximum Gasteiger partial charge on any atom is 0.330 e. The van der Waals surface area contributed by atoms with Crippen molar-refractivity contribution in [3.8, 4) is 0 Å². The van der Waals surface area contributed by atoms with Crippen LogP contribution in [0.5, 0.6) is 0 Å². The van der Waals surface area contributed by atoms with E-state index in [2.05, 4.69) is 35.0 Å². The molecular weight excluding hydrogens is 292 g/mol. The lowest BCUT2D eigenvalue weighted by Crippen LogP contribution is -2.39. The fourth-order valence-corrected chi connectivity index (χ4v) is 3.04. The normalized spacial score (nSPS) is 15.3. The van der Waals surface area contributed by atoms with Crippen LogP contribution in [0, 0.1) is 0 Å². The quantitative estimate of drug-likeness (QED) is 0.812. The molecule has 3 rings (SSSR count). The molecule has 0 bridgehead atoms. The van der Waals surface area contributed by atoms with Gasteiger partial charge in [0.2, 0.25) is 0 Å². The molecule has 0 aliphatic carbocycles. The molecule has 122 valence electrons. The summed E-state index contributed by atoms with van der Waals surface area (Å²) in [6, 6.07) is 9.92. The van der Waals surface area contributed by atoms with E-state index in [1.54, 1.807) is 17.7 Å². The summed E-state index contributed by atoms with van der Waals surface area (Å²) < 4.78 is 2.69. The molecule has 0 radical (unpaired) electrons. The van der Waals surface area contributed by atoms with Crippen LogP contribution in [-0.2, 0) is 27.2 Å². The molecule has 0 fully saturated rings. The SMILES string of the molecule is CN1CCN(Cc2cc(=O)n(C)c(=O)n2C)Cc2ccccc21. The van der Waals surface area contributed by atoms with Gasteiger partial charge in [-0.2, -0.15) is 0 Å². The van der Waals surface area contributed by atoms with Crippen molar-refractivity contribution in [1.82, 2.24) is 14.0 Å². The number of rotatable bonds is 2. The van der Waals surface area contributed by atoms with Gasteiger partial charge in [-0.15, -0.1) is 0 Å². The van der Waals surface area contributed by atoms with Crippen molar-refractivity contribution in [2.45, 2.75) is 13.1 Å². The molecular formula is C17H22N4O2. The second-order valence-electron chi connectivity index (χ2n) is 6.14. The van der Waals surface area contributed by atoms with E-state index < -0.39 is 0 Å². The van der Waals surface area contributed by atoms with Crippen LogP contribution in [0.15, 0.2) is 39.9 Å². The largest absolute Gasteiger partial charge is 0.373 e. The van der Waals surface area contributed by atoms with Crippen LogP contribution in [0.3, 0.4) is 0 Å². The van der Waals surface area contributed by atoms with Crippen LogP contribution in [-0.4, -0.2) is 34.2 Å². The molecule has 0 amide bonds. The molecule has 1 aromatic heterocycles. The first-order chi connectivity index (χ1) is 11.0. The van der Waals surface area contributed by atoms with Gasteiger partial charge in [-0.25, -0.2) is 4.79 Å². The van der Waals surface area contributed by atoms with E-state index in [0.29, 0.717) is 6.54 Å². The van der Waals surface area contributed by atoms with Gasteiger partial charge in [0.15, 0.2) is 0 Å². The fraction of sp³-hybridized carbons (Fsp3) is 0.412. The number of nitrogens with zero attached hydrogens (tertiary/aromatic N) is 4. The van der Waals surface area contributed by atoms with Crippen molar-refractivity contribution in [3.05, 3.63) is 62.4 Å². The summed E-state index contributed by atoms with van der Waals surface area (Å²) in [7, 11) is 5.32. The van der Waals surface area contributed by atoms with E-state index in [1.807, 2.05) is 6.07 Å². The molecule has 6 nitrogen and oxygen atoms in total. The molecule has 0 saturated heterocycles. The first-order valence-corrected chi connectivity index (χ1v) is 7.74. The summed E-state index contributed by atoms with van der Waals surface area (Å²) >= 11 is 0. The predicted molar refractivity (Wildman–Crippen MR) is 90.8 cm³/mol. The van der Waals surface area contributed by atoms with Crippen LogP contribution in [0.2, 0.25) is 0 Å². The predicted octanol–water partition coefficient (Wildman–Crippen LogP) is 0.536. The Bertz CT molecular complexity index is 837. The monoisotopic (exact) mass is 314 g/mol. The third-order valence-corrected chi connectivity index (χ3v) is 4.56. The Balaban J connectivity index is 1.90. The van der Waals surface area contributed by atoms with E-state index in [0.717, 1.165) is 29.9 Å². The molecule has 1 aliphatic heterocycles. The molecule has 0 saturated carbocycles. The lowest BCUT2D eigenvalue weighted by atomic mass is 10.1. The summed E-state index contributed by atoms with van der Waals surface area (Å²) in [6.45, 7) is 3.19. The molecule has 6 heteroatoms. The average molecular weight is 314 g/mol. The van der Waals surface area contributed by atoms with Gasteiger partial charge < -0.3 is 4.90 Å². The summed E-state index contributed by atoms with van der Waals surface area (Å²) in [5.41, 5.74) is 2.73. The molecule has 0 N–H and O–H groups in total. The van der Waals surface area contributed by atoms with Gasteiger partial charge in [0.1, 0.15) is 0 Å². The summed E-state index contributed by atoms with van der Waals surface area (Å²) in [6.07, 6.45) is 0. The summed E-state index contributed by atoms with van der Waals surface area (Å²) in [5, 5.41) is 0. The van der Waals surface area contributed by atoms with Gasteiger partial charge in [0.05, 0.1) is 0 Å². The van der Waals surface area contributed by atoms with Crippen LogP contribution >= 0.6 is 0 Å². The maximum atomic E-state index is 12.1. The van der Waals surface area contributed by atoms with Gasteiger partial charge in [-0.05, 0) is 11.6 Å². The third-order valence-electron chi connectivity index (χ3n) is 4.56. The first-order valence-electron chi connectivity index (χ1n) is 7.74. The lowest BCUT2D eigenvalue weighted by Gasteiger charge is -2.22. The first kappa shape index (κ1) is 15.6. The van der Waals surface area contributed by atoms with Crippen molar-refractivity contribution in [2.75, 3.05) is 25.0 Å². The Labute approximate surface area is 135 Å². The Hall–Kier alpha value is -2.34. The second-order valence-corrected chi connectivity index (χ2v) is 6.14. The number of hydrogen-bond donors (Lipinski definition) is 0. The van der Waals surface area contributed by atoms with Gasteiger partial charge in [0, 0.05) is 64.8 Å². The Morgan fingerprint density at radius 3 is 2.52 bits per heavy atom. The second kappa shape index (κ2) is 6.04. The van der Waals surface area contributed by atoms with E-state index in [4.69, 9.17) is 0 Å². The van der Waals surface area contributed by atoms with Crippen LogP contribution < -0.4 is 16.1 Å². The molecule has 1 aromatic carbocycles. The average Bonchev–Trinajstić information content (AvgIpc) is 2.70. The van der Waals surface area contributed by atoms with E-state index in [1.165, 1.54) is 18.3 Å². The number of likely N-dealkylation sites (N-methyl/N-ethyl adjacent to an activating group) is 1. The van der Waals surface area contributed by atoms with Crippen LogP contribution in [0.4, 0.5) is 5.69 Å². The summed E-state index contributed by atoms with van der Waals surface area (Å²) in [4.78, 5) is 28.5. The number of hydrogen-bond acceptors (Lipinski definition) is 4. The van der Waals surface area contributed by atoms with E-state index >= 15 is 0 Å². The maximum absolute atomic E-state index is 12.1. The molecule has 2 aromatic rings. The highest BCUT2D eigenvalue weighted by Crippen LogP contribution is 2.24. The summed E-state index contributed by atoms with van der Waals surface area (Å²) in [5.74, 6) is 0. The minimum atomic E-state index is -0.278. The van der Waals surface area contributed by atoms with Crippen molar-refractivity contribution in [3.63, 3.8) is 0 Å². The number of aromatic nitrogens is 2. The zero-order valence-electron chi connectivity index (χ0n) is 13.8. The Kier molecular flexibility index (Phi) is 4.09. The van der Waals surface area contributed by atoms with Gasteiger partial charge in [-0.1, -0.05) is 18.2 Å². The van der Waals surface area contributed by atoms with Gasteiger partial charge >= 0.3 is 5.69 Å². The molecule has 2 heterocycles. The van der Waals surface area contributed by atoms with E-state index in [-0.39, 0.29) is 11.2 Å².